The Balaban J connectivity index is 2.08. The second kappa shape index (κ2) is 6.07. The van der Waals surface area contributed by atoms with Gasteiger partial charge in [-0.15, -0.1) is 0 Å². The zero-order valence-corrected chi connectivity index (χ0v) is 11.9. The Morgan fingerprint density at radius 1 is 1.39 bits per heavy atom. The lowest BCUT2D eigenvalue weighted by Crippen LogP contribution is -2.22. The number of nitrogens with one attached hydrogen (secondary N) is 1. The Labute approximate surface area is 116 Å². The molecule has 0 spiro atoms. The maximum atomic E-state index is 5.35. The van der Waals surface area contributed by atoms with E-state index in [9.17, 15) is 0 Å². The Morgan fingerprint density at radius 3 is 2.72 bits per heavy atom. The molecule has 1 atom stereocenters. The van der Waals surface area contributed by atoms with Crippen LogP contribution in [0.1, 0.15) is 12.0 Å². The fourth-order valence-corrected chi connectivity index (χ4v) is 2.01. The predicted octanol–water partition coefficient (Wildman–Crippen LogP) is 3.28. The highest BCUT2D eigenvalue weighted by atomic mass is 79.9. The predicted molar refractivity (Wildman–Crippen MR) is 76.5 cm³/mol. The number of halogens is 1. The molecule has 4 heteroatoms. The average molecular weight is 310 g/mol. The van der Waals surface area contributed by atoms with Crippen molar-refractivity contribution in [2.45, 2.75) is 11.2 Å². The van der Waals surface area contributed by atoms with E-state index in [0.717, 1.165) is 29.1 Å². The number of benzene rings is 1. The molecule has 0 radical (unpaired) electrons. The second-order valence-corrected chi connectivity index (χ2v) is 5.15. The maximum absolute atomic E-state index is 5.35. The number of methoxy groups -OCH3 is 1. The molecule has 18 heavy (non-hydrogen) atoms. The molecular formula is C14H16BrNO2. The molecular weight excluding hydrogens is 294 g/mol. The summed E-state index contributed by atoms with van der Waals surface area (Å²) in [6, 6.07) is 7.90. The molecule has 1 aliphatic rings. The van der Waals surface area contributed by atoms with Crippen LogP contribution in [0.4, 0.5) is 0 Å². The van der Waals surface area contributed by atoms with Gasteiger partial charge in [0.05, 0.1) is 4.83 Å². The van der Waals surface area contributed by atoms with Gasteiger partial charge in [0.25, 0.3) is 0 Å². The highest BCUT2D eigenvalue weighted by Gasteiger charge is 2.15. The van der Waals surface area contributed by atoms with Crippen LogP contribution in [0.25, 0.3) is 5.70 Å². The van der Waals surface area contributed by atoms with E-state index in [-0.39, 0.29) is 6.79 Å². The van der Waals surface area contributed by atoms with E-state index in [0.29, 0.717) is 4.83 Å². The molecule has 3 nitrogen and oxygen atoms in total. The van der Waals surface area contributed by atoms with Crippen LogP contribution in [0.2, 0.25) is 0 Å². The molecule has 0 fully saturated rings. The zero-order valence-electron chi connectivity index (χ0n) is 10.3. The number of allylic oxidation sites excluding steroid dienone is 2. The van der Waals surface area contributed by atoms with Gasteiger partial charge in [-0.05, 0) is 36.2 Å². The highest BCUT2D eigenvalue weighted by Crippen LogP contribution is 2.26. The first-order valence-corrected chi connectivity index (χ1v) is 6.64. The van der Waals surface area contributed by atoms with E-state index < -0.39 is 0 Å². The largest absolute Gasteiger partial charge is 0.468 e. The molecule has 0 saturated carbocycles. The molecule has 0 amide bonds. The molecule has 1 aromatic carbocycles. The van der Waals surface area contributed by atoms with Gasteiger partial charge < -0.3 is 14.8 Å². The number of ether oxygens (including phenoxy) is 2. The number of hydrogen-bond acceptors (Lipinski definition) is 3. The number of hydrogen-bond donors (Lipinski definition) is 1. The fraction of sp³-hybridized carbons (Fsp3) is 0.286. The first-order chi connectivity index (χ1) is 8.70. The van der Waals surface area contributed by atoms with Crippen molar-refractivity contribution in [2.75, 3.05) is 13.9 Å². The first-order valence-electron chi connectivity index (χ1n) is 5.73. The molecule has 1 unspecified atom stereocenters. The summed E-state index contributed by atoms with van der Waals surface area (Å²) in [5, 5.41) is 3.30. The van der Waals surface area contributed by atoms with E-state index in [2.05, 4.69) is 33.9 Å². The van der Waals surface area contributed by atoms with Crippen LogP contribution in [0.15, 0.2) is 42.6 Å². The van der Waals surface area contributed by atoms with Gasteiger partial charge in [-0.3, -0.25) is 0 Å². The van der Waals surface area contributed by atoms with E-state index in [1.54, 1.807) is 7.11 Å². The molecule has 0 aliphatic carbocycles. The molecule has 0 bridgehead atoms. The van der Waals surface area contributed by atoms with Gasteiger partial charge in [0.15, 0.2) is 6.79 Å². The van der Waals surface area contributed by atoms with Crippen molar-refractivity contribution in [3.8, 4) is 5.75 Å². The lowest BCUT2D eigenvalue weighted by molar-refractivity contribution is 0.0511. The summed E-state index contributed by atoms with van der Waals surface area (Å²) >= 11 is 3.55. The average Bonchev–Trinajstić information content (AvgIpc) is 2.40. The number of rotatable bonds is 4. The van der Waals surface area contributed by atoms with E-state index in [1.807, 2.05) is 24.3 Å². The Hall–Kier alpha value is -1.26. The SMILES string of the molecule is C=C1NC(c2ccc(OCOC)cc2)=CCC1Br. The lowest BCUT2D eigenvalue weighted by atomic mass is 10.1. The molecule has 1 aromatic rings. The van der Waals surface area contributed by atoms with Crippen LogP contribution in [0.5, 0.6) is 5.75 Å². The summed E-state index contributed by atoms with van der Waals surface area (Å²) in [6.07, 6.45) is 3.11. The third-order valence-corrected chi connectivity index (χ3v) is 3.64. The normalized spacial score (nSPS) is 19.1. The molecule has 1 aliphatic heterocycles. The summed E-state index contributed by atoms with van der Waals surface area (Å²) in [4.78, 5) is 0.311. The van der Waals surface area contributed by atoms with Gasteiger partial charge in [-0.25, -0.2) is 0 Å². The van der Waals surface area contributed by atoms with Crippen LogP contribution < -0.4 is 10.1 Å². The van der Waals surface area contributed by atoms with E-state index in [1.165, 1.54) is 0 Å². The lowest BCUT2D eigenvalue weighted by Gasteiger charge is -2.22. The van der Waals surface area contributed by atoms with E-state index in [4.69, 9.17) is 9.47 Å². The van der Waals surface area contributed by atoms with Crippen molar-refractivity contribution in [1.82, 2.24) is 5.32 Å². The van der Waals surface area contributed by atoms with Crippen LogP contribution in [-0.4, -0.2) is 18.7 Å². The molecule has 0 saturated heterocycles. The minimum atomic E-state index is 0.266. The minimum absolute atomic E-state index is 0.266. The summed E-state index contributed by atoms with van der Waals surface area (Å²) in [5.74, 6) is 0.800. The van der Waals surface area contributed by atoms with Gasteiger partial charge in [0.1, 0.15) is 5.75 Å². The fourth-order valence-electron chi connectivity index (χ4n) is 1.71. The van der Waals surface area contributed by atoms with Crippen molar-refractivity contribution in [3.63, 3.8) is 0 Å². The van der Waals surface area contributed by atoms with Gasteiger partial charge in [0.2, 0.25) is 0 Å². The molecule has 1 heterocycles. The first kappa shape index (κ1) is 13.2. The van der Waals surface area contributed by atoms with Crippen LogP contribution in [0, 0.1) is 0 Å². The molecule has 0 aromatic heterocycles. The number of alkyl halides is 1. The minimum Gasteiger partial charge on any atom is -0.468 e. The quantitative estimate of drug-likeness (QED) is 0.684. The van der Waals surface area contributed by atoms with E-state index >= 15 is 0 Å². The smallest absolute Gasteiger partial charge is 0.188 e. The summed E-state index contributed by atoms with van der Waals surface area (Å²) < 4.78 is 10.2. The summed E-state index contributed by atoms with van der Waals surface area (Å²) in [5.41, 5.74) is 3.21. The van der Waals surface area contributed by atoms with Crippen molar-refractivity contribution < 1.29 is 9.47 Å². The van der Waals surface area contributed by atoms with Crippen LogP contribution in [-0.2, 0) is 4.74 Å². The zero-order chi connectivity index (χ0) is 13.0. The monoisotopic (exact) mass is 309 g/mol. The van der Waals surface area contributed by atoms with Crippen LogP contribution >= 0.6 is 15.9 Å². The topological polar surface area (TPSA) is 30.5 Å². The van der Waals surface area contributed by atoms with Crippen LogP contribution in [0.3, 0.4) is 0 Å². The van der Waals surface area contributed by atoms with Gasteiger partial charge in [-0.2, -0.15) is 0 Å². The van der Waals surface area contributed by atoms with Gasteiger partial charge in [0, 0.05) is 18.5 Å². The molecule has 96 valence electrons. The summed E-state index contributed by atoms with van der Waals surface area (Å²) in [7, 11) is 1.60. The Morgan fingerprint density at radius 2 is 2.11 bits per heavy atom. The summed E-state index contributed by atoms with van der Waals surface area (Å²) in [6.45, 7) is 4.26. The Bertz CT molecular complexity index is 453. The standard InChI is InChI=1S/C14H16BrNO2/c1-10-13(15)7-8-14(16-10)11-3-5-12(6-4-11)18-9-17-2/h3-6,8,13,16H,1,7,9H2,2H3. The Kier molecular flexibility index (Phi) is 4.44. The third kappa shape index (κ3) is 3.15. The van der Waals surface area contributed by atoms with Gasteiger partial charge in [-0.1, -0.05) is 28.6 Å². The van der Waals surface area contributed by atoms with Gasteiger partial charge >= 0.3 is 0 Å². The van der Waals surface area contributed by atoms with Crippen molar-refractivity contribution in [2.24, 2.45) is 0 Å². The third-order valence-electron chi connectivity index (χ3n) is 2.71. The maximum Gasteiger partial charge on any atom is 0.188 e. The van der Waals surface area contributed by atoms with Crippen molar-refractivity contribution in [1.29, 1.82) is 0 Å². The second-order valence-electron chi connectivity index (χ2n) is 4.05. The van der Waals surface area contributed by atoms with Crippen molar-refractivity contribution in [3.05, 3.63) is 48.2 Å². The molecule has 1 N–H and O–H groups in total. The highest BCUT2D eigenvalue weighted by molar-refractivity contribution is 9.09. The van der Waals surface area contributed by atoms with Crippen molar-refractivity contribution >= 4 is 21.6 Å². The molecule has 2 rings (SSSR count).